The lowest BCUT2D eigenvalue weighted by Gasteiger charge is -2.14. The number of phenols is 1. The fourth-order valence-corrected chi connectivity index (χ4v) is 4.54. The monoisotopic (exact) mass is 417 g/mol. The van der Waals surface area contributed by atoms with Gasteiger partial charge >= 0.3 is 0 Å². The van der Waals surface area contributed by atoms with Crippen LogP contribution in [0, 0.1) is 0 Å². The summed E-state index contributed by atoms with van der Waals surface area (Å²) < 4.78 is 6.16. The van der Waals surface area contributed by atoms with E-state index in [2.05, 4.69) is 0 Å². The van der Waals surface area contributed by atoms with Gasteiger partial charge in [0.2, 0.25) is 0 Å². The van der Waals surface area contributed by atoms with Crippen LogP contribution in [0.5, 0.6) is 11.5 Å². The molecule has 1 amide bonds. The van der Waals surface area contributed by atoms with Crippen LogP contribution in [-0.4, -0.2) is 40.1 Å². The Morgan fingerprint density at radius 2 is 2.04 bits per heavy atom. The number of ether oxygens (including phenoxy) is 1. The van der Waals surface area contributed by atoms with E-state index in [4.69, 9.17) is 17.0 Å². The topological polar surface area (TPSA) is 49.8 Å². The van der Waals surface area contributed by atoms with Crippen LogP contribution in [0.1, 0.15) is 12.5 Å². The number of carbonyl (C=O) groups excluding carboxylic acids is 1. The molecule has 2 aromatic carbocycles. The maximum Gasteiger partial charge on any atom is 0.265 e. The molecule has 2 aromatic rings. The van der Waals surface area contributed by atoms with Gasteiger partial charge in [-0.15, -0.1) is 11.8 Å². The number of hydrogen-bond donors (Lipinski definition) is 1. The Balaban J connectivity index is 2.15. The van der Waals surface area contributed by atoms with Crippen molar-refractivity contribution in [2.75, 3.05) is 19.9 Å². The van der Waals surface area contributed by atoms with Crippen molar-refractivity contribution in [3.05, 3.63) is 46.9 Å². The van der Waals surface area contributed by atoms with Crippen LogP contribution in [0.15, 0.2) is 46.2 Å². The molecule has 1 heterocycles. The molecular weight excluding hydrogens is 398 g/mol. The summed E-state index contributed by atoms with van der Waals surface area (Å²) in [6, 6.07) is 11.5. The van der Waals surface area contributed by atoms with E-state index in [9.17, 15) is 9.90 Å². The minimum atomic E-state index is -0.123. The van der Waals surface area contributed by atoms with E-state index in [1.54, 1.807) is 31.0 Å². The molecule has 140 valence electrons. The SMILES string of the molecule is CCOc1cc(/C=C2/SC(=S)N(C)C2=O)cc(-c2ccccc2SC)c1O. The maximum absolute atomic E-state index is 12.3. The van der Waals surface area contributed by atoms with Gasteiger partial charge in [0, 0.05) is 17.5 Å². The highest BCUT2D eigenvalue weighted by Gasteiger charge is 2.29. The van der Waals surface area contributed by atoms with Gasteiger partial charge in [0.25, 0.3) is 5.91 Å². The number of likely N-dealkylation sites (N-methyl/N-ethyl adjacent to an activating group) is 1. The second kappa shape index (κ2) is 8.37. The molecule has 0 aliphatic carbocycles. The number of aromatic hydroxyl groups is 1. The van der Waals surface area contributed by atoms with Gasteiger partial charge in [0.1, 0.15) is 4.32 Å². The first kappa shape index (κ1) is 19.8. The molecule has 1 aliphatic heterocycles. The van der Waals surface area contributed by atoms with Crippen molar-refractivity contribution < 1.29 is 14.6 Å². The first-order valence-electron chi connectivity index (χ1n) is 8.31. The Morgan fingerprint density at radius 3 is 2.67 bits per heavy atom. The first-order valence-corrected chi connectivity index (χ1v) is 10.8. The molecule has 0 aromatic heterocycles. The summed E-state index contributed by atoms with van der Waals surface area (Å²) in [5.41, 5.74) is 2.36. The molecule has 0 atom stereocenters. The third-order valence-electron chi connectivity index (χ3n) is 4.08. The van der Waals surface area contributed by atoms with Crippen molar-refractivity contribution in [3.8, 4) is 22.6 Å². The summed E-state index contributed by atoms with van der Waals surface area (Å²) in [4.78, 5) is 15.4. The van der Waals surface area contributed by atoms with Crippen LogP contribution in [-0.2, 0) is 4.79 Å². The molecule has 0 radical (unpaired) electrons. The van der Waals surface area contributed by atoms with Crippen LogP contribution in [0.25, 0.3) is 17.2 Å². The second-order valence-electron chi connectivity index (χ2n) is 5.79. The molecule has 1 N–H and O–H groups in total. The standard InChI is InChI=1S/C20H19NO3S3/c1-4-24-15-10-12(11-17-19(23)21(2)20(25)27-17)9-14(18(15)22)13-7-5-6-8-16(13)26-3/h5-11,22H,4H2,1-3H3/b17-11+. The van der Waals surface area contributed by atoms with Crippen molar-refractivity contribution in [3.63, 3.8) is 0 Å². The van der Waals surface area contributed by atoms with Crippen LogP contribution < -0.4 is 4.74 Å². The van der Waals surface area contributed by atoms with Crippen molar-refractivity contribution in [2.45, 2.75) is 11.8 Å². The molecular formula is C20H19NO3S3. The Kier molecular flexibility index (Phi) is 6.14. The predicted molar refractivity (Wildman–Crippen MR) is 117 cm³/mol. The molecule has 0 saturated carbocycles. The summed E-state index contributed by atoms with van der Waals surface area (Å²) in [5, 5.41) is 10.8. The first-order chi connectivity index (χ1) is 13.0. The molecule has 0 unspecified atom stereocenters. The zero-order valence-electron chi connectivity index (χ0n) is 15.2. The van der Waals surface area contributed by atoms with E-state index in [1.807, 2.05) is 43.5 Å². The van der Waals surface area contributed by atoms with Gasteiger partial charge in [-0.3, -0.25) is 9.69 Å². The van der Waals surface area contributed by atoms with Crippen molar-refractivity contribution >= 4 is 52.0 Å². The molecule has 0 bridgehead atoms. The van der Waals surface area contributed by atoms with Gasteiger partial charge in [-0.25, -0.2) is 0 Å². The molecule has 0 spiro atoms. The highest BCUT2D eigenvalue weighted by molar-refractivity contribution is 8.26. The van der Waals surface area contributed by atoms with Crippen LogP contribution in [0.3, 0.4) is 0 Å². The average Bonchev–Trinajstić information content (AvgIpc) is 2.91. The summed E-state index contributed by atoms with van der Waals surface area (Å²) in [7, 11) is 1.67. The second-order valence-corrected chi connectivity index (χ2v) is 8.31. The molecule has 1 fully saturated rings. The Labute approximate surface area is 172 Å². The highest BCUT2D eigenvalue weighted by Crippen LogP contribution is 2.43. The van der Waals surface area contributed by atoms with E-state index in [1.165, 1.54) is 16.7 Å². The number of hydrogen-bond acceptors (Lipinski definition) is 6. The Bertz CT molecular complexity index is 940. The number of nitrogens with zero attached hydrogens (tertiary/aromatic N) is 1. The number of thioether (sulfide) groups is 2. The normalized spacial score (nSPS) is 15.7. The lowest BCUT2D eigenvalue weighted by atomic mass is 10.0. The molecule has 3 rings (SSSR count). The number of benzene rings is 2. The largest absolute Gasteiger partial charge is 0.504 e. The van der Waals surface area contributed by atoms with Crippen LogP contribution in [0.2, 0.25) is 0 Å². The molecule has 4 nitrogen and oxygen atoms in total. The summed E-state index contributed by atoms with van der Waals surface area (Å²) >= 11 is 8.07. The number of phenolic OH excluding ortho intramolecular Hbond substituents is 1. The summed E-state index contributed by atoms with van der Waals surface area (Å²) in [6.07, 6.45) is 3.78. The third-order valence-corrected chi connectivity index (χ3v) is 6.36. The van der Waals surface area contributed by atoms with Gasteiger partial charge in [0.15, 0.2) is 11.5 Å². The minimum Gasteiger partial charge on any atom is -0.504 e. The average molecular weight is 418 g/mol. The number of rotatable bonds is 5. The van der Waals surface area contributed by atoms with Gasteiger partial charge < -0.3 is 9.84 Å². The quantitative estimate of drug-likeness (QED) is 0.419. The zero-order valence-corrected chi connectivity index (χ0v) is 17.6. The van der Waals surface area contributed by atoms with Gasteiger partial charge in [-0.2, -0.15) is 0 Å². The van der Waals surface area contributed by atoms with Crippen molar-refractivity contribution in [1.29, 1.82) is 0 Å². The number of carbonyl (C=O) groups is 1. The van der Waals surface area contributed by atoms with Gasteiger partial charge in [-0.05, 0) is 48.6 Å². The Morgan fingerprint density at radius 1 is 1.30 bits per heavy atom. The lowest BCUT2D eigenvalue weighted by Crippen LogP contribution is -2.22. The van der Waals surface area contributed by atoms with E-state index >= 15 is 0 Å². The third kappa shape index (κ3) is 4.00. The van der Waals surface area contributed by atoms with Crippen LogP contribution >= 0.6 is 35.7 Å². The lowest BCUT2D eigenvalue weighted by molar-refractivity contribution is -0.121. The number of amides is 1. The molecule has 27 heavy (non-hydrogen) atoms. The maximum atomic E-state index is 12.3. The predicted octanol–water partition coefficient (Wildman–Crippen LogP) is 5.01. The Hall–Kier alpha value is -1.96. The fourth-order valence-electron chi connectivity index (χ4n) is 2.75. The van der Waals surface area contributed by atoms with Crippen LogP contribution in [0.4, 0.5) is 0 Å². The van der Waals surface area contributed by atoms with E-state index < -0.39 is 0 Å². The van der Waals surface area contributed by atoms with E-state index in [0.717, 1.165) is 16.0 Å². The van der Waals surface area contributed by atoms with Gasteiger partial charge in [-0.1, -0.05) is 42.2 Å². The van der Waals surface area contributed by atoms with E-state index in [0.29, 0.717) is 27.1 Å². The molecule has 7 heteroatoms. The summed E-state index contributed by atoms with van der Waals surface area (Å²) in [5.74, 6) is 0.366. The summed E-state index contributed by atoms with van der Waals surface area (Å²) in [6.45, 7) is 2.29. The van der Waals surface area contributed by atoms with E-state index in [-0.39, 0.29) is 11.7 Å². The number of thiocarbonyl (C=S) groups is 1. The zero-order chi connectivity index (χ0) is 19.6. The van der Waals surface area contributed by atoms with Crippen molar-refractivity contribution in [1.82, 2.24) is 4.90 Å². The molecule has 1 saturated heterocycles. The smallest absolute Gasteiger partial charge is 0.265 e. The van der Waals surface area contributed by atoms with Crippen molar-refractivity contribution in [2.24, 2.45) is 0 Å². The highest BCUT2D eigenvalue weighted by atomic mass is 32.2. The van der Waals surface area contributed by atoms with Gasteiger partial charge in [0.05, 0.1) is 11.5 Å². The molecule has 1 aliphatic rings. The minimum absolute atomic E-state index is 0.0959. The fraction of sp³-hybridized carbons (Fsp3) is 0.200.